The maximum Gasteiger partial charge on any atom is 0.337 e. The molecule has 1 fully saturated rings. The molecule has 152 valence electrons. The van der Waals surface area contributed by atoms with Crippen molar-refractivity contribution in [3.63, 3.8) is 0 Å². The number of H-pyrrole nitrogens is 1. The lowest BCUT2D eigenvalue weighted by molar-refractivity contribution is 0.0600. The summed E-state index contributed by atoms with van der Waals surface area (Å²) in [5, 5.41) is 1.08. The number of hydrogen-bond donors (Lipinski definition) is 1. The zero-order valence-electron chi connectivity index (χ0n) is 16.3. The van der Waals surface area contributed by atoms with Gasteiger partial charge in [-0.15, -0.1) is 0 Å². The van der Waals surface area contributed by atoms with E-state index in [9.17, 15) is 13.2 Å². The normalized spacial score (nSPS) is 18.0. The van der Waals surface area contributed by atoms with Gasteiger partial charge in [0.05, 0.1) is 24.5 Å². The molecule has 4 rings (SSSR count). The van der Waals surface area contributed by atoms with Gasteiger partial charge in [-0.1, -0.05) is 36.8 Å². The number of hydrogen-bond acceptors (Lipinski definition) is 4. The van der Waals surface area contributed by atoms with Crippen LogP contribution in [0, 0.1) is 0 Å². The van der Waals surface area contributed by atoms with Crippen LogP contribution in [0.5, 0.6) is 0 Å². The first-order valence-electron chi connectivity index (χ1n) is 9.72. The fourth-order valence-electron chi connectivity index (χ4n) is 4.02. The van der Waals surface area contributed by atoms with Crippen LogP contribution >= 0.6 is 0 Å². The molecular formula is C22H24N2O4S. The van der Waals surface area contributed by atoms with Crippen molar-refractivity contribution in [2.24, 2.45) is 0 Å². The second-order valence-corrected chi connectivity index (χ2v) is 9.30. The van der Waals surface area contributed by atoms with Gasteiger partial charge in [-0.2, -0.15) is 4.31 Å². The van der Waals surface area contributed by atoms with Gasteiger partial charge in [0.15, 0.2) is 0 Å². The summed E-state index contributed by atoms with van der Waals surface area (Å²) in [5.74, 6) is -0.618. The topological polar surface area (TPSA) is 79.5 Å². The average molecular weight is 413 g/mol. The van der Waals surface area contributed by atoms with E-state index in [0.29, 0.717) is 17.7 Å². The number of methoxy groups -OCH3 is 1. The molecular weight excluding hydrogens is 388 g/mol. The number of esters is 1. The Hall–Kier alpha value is -2.64. The number of sulfonamides is 1. The second-order valence-electron chi connectivity index (χ2n) is 7.38. The summed E-state index contributed by atoms with van der Waals surface area (Å²) in [7, 11) is -2.25. The van der Waals surface area contributed by atoms with E-state index in [4.69, 9.17) is 4.74 Å². The van der Waals surface area contributed by atoms with Gasteiger partial charge in [0.25, 0.3) is 0 Å². The van der Waals surface area contributed by atoms with Crippen molar-refractivity contribution in [3.8, 4) is 0 Å². The summed E-state index contributed by atoms with van der Waals surface area (Å²) < 4.78 is 33.0. The highest BCUT2D eigenvalue weighted by atomic mass is 32.2. The Labute approximate surface area is 170 Å². The first kappa shape index (κ1) is 19.7. The second kappa shape index (κ2) is 8.00. The van der Waals surface area contributed by atoms with Gasteiger partial charge in [-0.3, -0.25) is 0 Å². The van der Waals surface area contributed by atoms with E-state index in [2.05, 4.69) is 4.98 Å². The van der Waals surface area contributed by atoms with E-state index in [-0.39, 0.29) is 11.8 Å². The molecule has 3 aromatic rings. The van der Waals surface area contributed by atoms with Crippen LogP contribution in [-0.2, 0) is 20.5 Å². The highest BCUT2D eigenvalue weighted by Gasteiger charge is 2.34. The van der Waals surface area contributed by atoms with E-state index in [1.165, 1.54) is 7.11 Å². The van der Waals surface area contributed by atoms with Crippen LogP contribution in [0.1, 0.15) is 46.9 Å². The summed E-state index contributed by atoms with van der Waals surface area (Å²) in [6.45, 7) is 0.499. The van der Waals surface area contributed by atoms with E-state index in [1.54, 1.807) is 28.6 Å². The van der Waals surface area contributed by atoms with E-state index in [1.807, 2.05) is 30.3 Å². The van der Waals surface area contributed by atoms with E-state index in [0.717, 1.165) is 35.9 Å². The molecule has 1 N–H and O–H groups in total. The number of nitrogens with zero attached hydrogens (tertiary/aromatic N) is 1. The number of carbonyl (C=O) groups excluding carboxylic acids is 1. The molecule has 0 spiro atoms. The van der Waals surface area contributed by atoms with Crippen molar-refractivity contribution in [3.05, 3.63) is 71.4 Å². The van der Waals surface area contributed by atoms with Crippen molar-refractivity contribution < 1.29 is 17.9 Å². The molecule has 0 bridgehead atoms. The first-order valence-corrected chi connectivity index (χ1v) is 11.3. The van der Waals surface area contributed by atoms with Crippen molar-refractivity contribution in [1.29, 1.82) is 0 Å². The van der Waals surface area contributed by atoms with Crippen molar-refractivity contribution >= 4 is 26.9 Å². The number of fused-ring (bicyclic) bond motifs is 1. The number of para-hydroxylation sites is 1. The lowest BCUT2D eigenvalue weighted by atomic mass is 10.0. The molecule has 1 atom stereocenters. The number of aromatic amines is 1. The van der Waals surface area contributed by atoms with Crippen LogP contribution in [0.15, 0.2) is 54.6 Å². The van der Waals surface area contributed by atoms with Crippen molar-refractivity contribution in [2.45, 2.75) is 31.1 Å². The van der Waals surface area contributed by atoms with Crippen LogP contribution < -0.4 is 0 Å². The molecule has 0 saturated carbocycles. The van der Waals surface area contributed by atoms with Crippen LogP contribution in [0.4, 0.5) is 0 Å². The number of benzene rings is 2. The van der Waals surface area contributed by atoms with Gasteiger partial charge in [0, 0.05) is 17.8 Å². The highest BCUT2D eigenvalue weighted by Crippen LogP contribution is 2.35. The molecule has 7 heteroatoms. The molecule has 1 aromatic heterocycles. The third-order valence-electron chi connectivity index (χ3n) is 5.42. The average Bonchev–Trinajstić information content (AvgIpc) is 3.17. The van der Waals surface area contributed by atoms with Gasteiger partial charge in [0.2, 0.25) is 10.0 Å². The summed E-state index contributed by atoms with van der Waals surface area (Å²) in [6.07, 6.45) is 2.62. The molecule has 0 aliphatic carbocycles. The third kappa shape index (κ3) is 4.06. The summed E-state index contributed by atoms with van der Waals surface area (Å²) in [4.78, 5) is 15.2. The van der Waals surface area contributed by atoms with Gasteiger partial charge in [-0.25, -0.2) is 13.2 Å². The fraction of sp³-hybridized carbons (Fsp3) is 0.318. The maximum absolute atomic E-state index is 13.3. The molecule has 2 heterocycles. The number of aromatic nitrogens is 1. The molecule has 1 saturated heterocycles. The van der Waals surface area contributed by atoms with Gasteiger partial charge >= 0.3 is 5.97 Å². The third-order valence-corrected chi connectivity index (χ3v) is 7.27. The Kier molecular flexibility index (Phi) is 5.43. The molecule has 2 aromatic carbocycles. The molecule has 1 unspecified atom stereocenters. The van der Waals surface area contributed by atoms with Gasteiger partial charge in [0.1, 0.15) is 0 Å². The van der Waals surface area contributed by atoms with Crippen LogP contribution in [-0.4, -0.2) is 37.3 Å². The molecule has 6 nitrogen and oxygen atoms in total. The van der Waals surface area contributed by atoms with Crippen LogP contribution in [0.25, 0.3) is 10.9 Å². The van der Waals surface area contributed by atoms with Crippen LogP contribution in [0.2, 0.25) is 0 Å². The Morgan fingerprint density at radius 3 is 2.76 bits per heavy atom. The number of nitrogens with one attached hydrogen (secondary N) is 1. The van der Waals surface area contributed by atoms with E-state index < -0.39 is 16.0 Å². The lowest BCUT2D eigenvalue weighted by Gasteiger charge is -2.34. The summed E-state index contributed by atoms with van der Waals surface area (Å²) >= 11 is 0. The first-order chi connectivity index (χ1) is 14.0. The molecule has 29 heavy (non-hydrogen) atoms. The summed E-state index contributed by atoms with van der Waals surface area (Å²) in [6, 6.07) is 16.4. The minimum Gasteiger partial charge on any atom is -0.465 e. The van der Waals surface area contributed by atoms with E-state index >= 15 is 0 Å². The Bertz CT molecular complexity index is 1100. The van der Waals surface area contributed by atoms with Crippen LogP contribution in [0.3, 0.4) is 0 Å². The summed E-state index contributed by atoms with van der Waals surface area (Å²) in [5.41, 5.74) is 2.87. The van der Waals surface area contributed by atoms with Gasteiger partial charge < -0.3 is 9.72 Å². The fourth-order valence-corrected chi connectivity index (χ4v) is 5.80. The molecule has 0 radical (unpaired) electrons. The number of rotatable bonds is 5. The Morgan fingerprint density at radius 1 is 1.14 bits per heavy atom. The minimum atomic E-state index is -3.56. The van der Waals surface area contributed by atoms with Gasteiger partial charge in [-0.05, 0) is 48.1 Å². The van der Waals surface area contributed by atoms with Crippen molar-refractivity contribution in [1.82, 2.24) is 9.29 Å². The quantitative estimate of drug-likeness (QED) is 0.642. The molecule has 1 aliphatic heterocycles. The number of piperidine rings is 1. The number of carbonyl (C=O) groups is 1. The highest BCUT2D eigenvalue weighted by molar-refractivity contribution is 7.88. The monoisotopic (exact) mass is 412 g/mol. The van der Waals surface area contributed by atoms with Crippen molar-refractivity contribution in [2.75, 3.05) is 13.7 Å². The smallest absolute Gasteiger partial charge is 0.337 e. The largest absolute Gasteiger partial charge is 0.465 e. The minimum absolute atomic E-state index is 0.144. The standard InChI is InChI=1S/C22H24N2O4S/c1-28-22(25)18-9-6-7-16(13-18)15-29(26,27)24-12-5-4-11-21(24)20-14-17-8-2-3-10-19(17)23-20/h2-3,6-10,13-14,21,23H,4-5,11-12,15H2,1H3. The zero-order chi connectivity index (χ0) is 20.4. The predicted octanol–water partition coefficient (Wildman–Crippen LogP) is 4.01. The molecule has 1 aliphatic rings. The Morgan fingerprint density at radius 2 is 1.97 bits per heavy atom. The molecule has 0 amide bonds. The lowest BCUT2D eigenvalue weighted by Crippen LogP contribution is -2.39. The maximum atomic E-state index is 13.3. The predicted molar refractivity (Wildman–Crippen MR) is 112 cm³/mol. The Balaban J connectivity index is 1.62. The zero-order valence-corrected chi connectivity index (χ0v) is 17.1. The SMILES string of the molecule is COC(=O)c1cccc(CS(=O)(=O)N2CCCCC2c2cc3ccccc3[nH]2)c1. The number of ether oxygens (including phenoxy) is 1.